The molecule has 0 spiro atoms. The Morgan fingerprint density at radius 2 is 1.63 bits per heavy atom. The van der Waals surface area contributed by atoms with Crippen molar-refractivity contribution in [1.82, 2.24) is 4.57 Å². The summed E-state index contributed by atoms with van der Waals surface area (Å²) in [5, 5.41) is 0. The number of hydrogen-bond acceptors (Lipinski definition) is 2. The first kappa shape index (κ1) is 29.7. The molecular formula is C24H43NO2. The molecule has 1 heterocycles. The summed E-state index contributed by atoms with van der Waals surface area (Å²) in [6.45, 7) is 30.1. The molecule has 0 aromatic carbocycles. The van der Waals surface area contributed by atoms with Crippen molar-refractivity contribution in [1.29, 1.82) is 0 Å². The smallest absolute Gasteiger partial charge is 0.326 e. The van der Waals surface area contributed by atoms with Crippen LogP contribution in [0.15, 0.2) is 43.1 Å². The molecular weight excluding hydrogens is 334 g/mol. The first-order chi connectivity index (χ1) is 12.5. The minimum absolute atomic E-state index is 0.219. The van der Waals surface area contributed by atoms with Gasteiger partial charge in [0, 0.05) is 11.9 Å². The van der Waals surface area contributed by atoms with Crippen molar-refractivity contribution in [2.75, 3.05) is 0 Å². The van der Waals surface area contributed by atoms with E-state index in [1.54, 1.807) is 0 Å². The molecule has 1 rings (SSSR count). The van der Waals surface area contributed by atoms with Crippen LogP contribution in [0, 0.1) is 6.92 Å². The van der Waals surface area contributed by atoms with Gasteiger partial charge in [0.2, 0.25) is 0 Å². The number of hydrogen-bond donors (Lipinski definition) is 0. The minimum Gasteiger partial charge on any atom is -0.459 e. The predicted molar refractivity (Wildman–Crippen MR) is 122 cm³/mol. The van der Waals surface area contributed by atoms with Crippen molar-refractivity contribution >= 4 is 12.0 Å². The molecule has 3 nitrogen and oxygen atoms in total. The van der Waals surface area contributed by atoms with E-state index in [-0.39, 0.29) is 12.5 Å². The highest BCUT2D eigenvalue weighted by Crippen LogP contribution is 2.17. The maximum absolute atomic E-state index is 11.8. The molecule has 0 aliphatic heterocycles. The highest BCUT2D eigenvalue weighted by Gasteiger charge is 2.17. The number of rotatable bonds is 4. The van der Waals surface area contributed by atoms with Gasteiger partial charge in [-0.05, 0) is 58.7 Å². The Morgan fingerprint density at radius 3 is 2.00 bits per heavy atom. The van der Waals surface area contributed by atoms with Crippen molar-refractivity contribution < 1.29 is 9.53 Å². The van der Waals surface area contributed by atoms with Gasteiger partial charge >= 0.3 is 5.97 Å². The van der Waals surface area contributed by atoms with Crippen LogP contribution in [0.4, 0.5) is 0 Å². The molecule has 0 atom stereocenters. The third-order valence-electron chi connectivity index (χ3n) is 3.05. The van der Waals surface area contributed by atoms with Crippen LogP contribution in [0.25, 0.3) is 6.08 Å². The van der Waals surface area contributed by atoms with E-state index in [2.05, 4.69) is 39.7 Å². The van der Waals surface area contributed by atoms with Gasteiger partial charge in [-0.15, -0.1) is 13.2 Å². The van der Waals surface area contributed by atoms with Crippen molar-refractivity contribution in [2.45, 2.75) is 87.8 Å². The topological polar surface area (TPSA) is 31.2 Å². The number of carbonyl (C=O) groups excluding carboxylic acids is 1. The highest BCUT2D eigenvalue weighted by molar-refractivity contribution is 5.70. The summed E-state index contributed by atoms with van der Waals surface area (Å²) in [5.74, 6) is -0.219. The van der Waals surface area contributed by atoms with E-state index in [0.717, 1.165) is 22.4 Å². The number of aromatic nitrogens is 1. The molecule has 3 heteroatoms. The quantitative estimate of drug-likeness (QED) is 0.312. The summed E-state index contributed by atoms with van der Waals surface area (Å²) in [6.07, 6.45) is 5.25. The van der Waals surface area contributed by atoms with Gasteiger partial charge in [-0.25, -0.2) is 0 Å². The van der Waals surface area contributed by atoms with E-state index in [9.17, 15) is 4.79 Å². The van der Waals surface area contributed by atoms with Gasteiger partial charge in [0.25, 0.3) is 0 Å². The lowest BCUT2D eigenvalue weighted by atomic mass is 10.1. The van der Waals surface area contributed by atoms with Gasteiger partial charge in [0.15, 0.2) is 0 Å². The Morgan fingerprint density at radius 1 is 1.19 bits per heavy atom. The Labute approximate surface area is 168 Å². The Balaban J connectivity index is -0.000000725. The zero-order valence-electron chi connectivity index (χ0n) is 19.5. The van der Waals surface area contributed by atoms with E-state index in [0.29, 0.717) is 0 Å². The Hall–Kier alpha value is -2.03. The summed E-state index contributed by atoms with van der Waals surface area (Å²) < 4.78 is 7.24. The maximum atomic E-state index is 11.8. The Kier molecular flexibility index (Phi) is 17.8. The first-order valence-corrected chi connectivity index (χ1v) is 9.73. The van der Waals surface area contributed by atoms with E-state index in [1.807, 2.05) is 72.2 Å². The van der Waals surface area contributed by atoms with Gasteiger partial charge in [0.05, 0.1) is 0 Å². The fourth-order valence-electron chi connectivity index (χ4n) is 1.76. The lowest BCUT2D eigenvalue weighted by Gasteiger charge is -2.20. The zero-order valence-corrected chi connectivity index (χ0v) is 19.5. The number of ether oxygens (including phenoxy) is 1. The Bertz CT molecular complexity index is 572. The van der Waals surface area contributed by atoms with Crippen molar-refractivity contribution in [3.05, 3.63) is 54.4 Å². The molecule has 0 fully saturated rings. The average molecular weight is 378 g/mol. The van der Waals surface area contributed by atoms with Crippen LogP contribution >= 0.6 is 0 Å². The van der Waals surface area contributed by atoms with Gasteiger partial charge < -0.3 is 9.30 Å². The van der Waals surface area contributed by atoms with E-state index < -0.39 is 5.60 Å². The molecule has 0 aliphatic carbocycles. The molecule has 0 bridgehead atoms. The molecule has 1 aromatic rings. The molecule has 1 aromatic heterocycles. The summed E-state index contributed by atoms with van der Waals surface area (Å²) in [7, 11) is 0. The van der Waals surface area contributed by atoms with E-state index >= 15 is 0 Å². The van der Waals surface area contributed by atoms with Gasteiger partial charge in [-0.3, -0.25) is 4.79 Å². The fraction of sp³-hybridized carbons (Fsp3) is 0.542. The van der Waals surface area contributed by atoms with Crippen LogP contribution in [-0.4, -0.2) is 16.1 Å². The maximum Gasteiger partial charge on any atom is 0.326 e. The van der Waals surface area contributed by atoms with Gasteiger partial charge in [-0.2, -0.15) is 0 Å². The second kappa shape index (κ2) is 16.2. The minimum atomic E-state index is -0.447. The molecule has 27 heavy (non-hydrogen) atoms. The second-order valence-electron chi connectivity index (χ2n) is 6.89. The molecule has 0 aliphatic rings. The molecule has 0 amide bonds. The second-order valence-corrected chi connectivity index (χ2v) is 6.89. The van der Waals surface area contributed by atoms with Crippen LogP contribution in [0.2, 0.25) is 0 Å². The average Bonchev–Trinajstić information content (AvgIpc) is 2.90. The van der Waals surface area contributed by atoms with Crippen molar-refractivity contribution in [2.24, 2.45) is 0 Å². The van der Waals surface area contributed by atoms with Crippen molar-refractivity contribution in [3.63, 3.8) is 0 Å². The molecule has 0 saturated heterocycles. The fourth-order valence-corrected chi connectivity index (χ4v) is 1.76. The van der Waals surface area contributed by atoms with E-state index in [1.165, 1.54) is 6.42 Å². The molecule has 0 saturated carbocycles. The van der Waals surface area contributed by atoms with Crippen LogP contribution in [0.5, 0.6) is 0 Å². The number of allylic oxidation sites excluding steroid dienone is 2. The molecule has 156 valence electrons. The lowest BCUT2D eigenvalue weighted by molar-refractivity contribution is -0.155. The molecule has 0 N–H and O–H groups in total. The van der Waals surface area contributed by atoms with Crippen molar-refractivity contribution in [3.8, 4) is 0 Å². The number of esters is 1. The third-order valence-corrected chi connectivity index (χ3v) is 3.05. The summed E-state index contributed by atoms with van der Waals surface area (Å²) in [6, 6.07) is 2.01. The van der Waals surface area contributed by atoms with Crippen LogP contribution in [-0.2, 0) is 16.1 Å². The monoisotopic (exact) mass is 377 g/mol. The SMILES string of the molecule is C=C.C=C(C)/C(C)=C/c1ccn(CC(=O)OC(C)(C)C)c1C.CC.CCC. The van der Waals surface area contributed by atoms with Crippen LogP contribution in [0.1, 0.15) is 80.0 Å². The normalized spacial score (nSPS) is 10.2. The number of carbonyl (C=O) groups is 1. The largest absolute Gasteiger partial charge is 0.459 e. The summed E-state index contributed by atoms with van der Waals surface area (Å²) in [4.78, 5) is 11.8. The summed E-state index contributed by atoms with van der Waals surface area (Å²) >= 11 is 0. The predicted octanol–water partition coefficient (Wildman–Crippen LogP) is 7.36. The lowest BCUT2D eigenvalue weighted by Crippen LogP contribution is -2.26. The highest BCUT2D eigenvalue weighted by atomic mass is 16.6. The molecule has 0 radical (unpaired) electrons. The van der Waals surface area contributed by atoms with Crippen LogP contribution < -0.4 is 0 Å². The van der Waals surface area contributed by atoms with Gasteiger partial charge in [-0.1, -0.05) is 52.3 Å². The first-order valence-electron chi connectivity index (χ1n) is 9.73. The van der Waals surface area contributed by atoms with Crippen LogP contribution in [0.3, 0.4) is 0 Å². The molecule has 0 unspecified atom stereocenters. The third kappa shape index (κ3) is 14.8. The number of nitrogens with zero attached hydrogens (tertiary/aromatic N) is 1. The summed E-state index contributed by atoms with van der Waals surface area (Å²) in [5.41, 5.74) is 3.90. The van der Waals surface area contributed by atoms with Gasteiger partial charge in [0.1, 0.15) is 12.1 Å². The van der Waals surface area contributed by atoms with E-state index in [4.69, 9.17) is 4.74 Å². The zero-order chi connectivity index (χ0) is 22.2. The standard InChI is InChI=1S/C17H25NO2.C3H8.C2H6.C2H4/c1-12(2)13(3)10-15-8-9-18(14(15)4)11-16(19)20-17(5,6)7;1-3-2;2*1-2/h8-10H,1,11H2,2-7H3;3H2,1-2H3;1-2H3;1-2H2/b13-10+;;;.